The summed E-state index contributed by atoms with van der Waals surface area (Å²) >= 11 is 0. The standard InChI is InChI=1S/C16H19NO2/c1-4-19-15(18)16(2,3)14-11-10-13(17-14)12-8-6-5-7-9-12/h5-11,17H,4H2,1-3H3. The van der Waals surface area contributed by atoms with Crippen LogP contribution in [0.2, 0.25) is 0 Å². The molecule has 0 unspecified atom stereocenters. The zero-order chi connectivity index (χ0) is 13.9. The quantitative estimate of drug-likeness (QED) is 0.851. The van der Waals surface area contributed by atoms with Crippen molar-refractivity contribution in [1.82, 2.24) is 4.98 Å². The van der Waals surface area contributed by atoms with Crippen LogP contribution in [0.4, 0.5) is 0 Å². The molecule has 100 valence electrons. The van der Waals surface area contributed by atoms with Crippen LogP contribution >= 0.6 is 0 Å². The van der Waals surface area contributed by atoms with Crippen molar-refractivity contribution in [1.29, 1.82) is 0 Å². The molecule has 0 saturated heterocycles. The molecule has 2 aromatic rings. The van der Waals surface area contributed by atoms with Crippen LogP contribution in [0.15, 0.2) is 42.5 Å². The summed E-state index contributed by atoms with van der Waals surface area (Å²) in [6.45, 7) is 5.95. The largest absolute Gasteiger partial charge is 0.465 e. The fourth-order valence-electron chi connectivity index (χ4n) is 1.97. The van der Waals surface area contributed by atoms with Gasteiger partial charge in [0, 0.05) is 11.4 Å². The van der Waals surface area contributed by atoms with E-state index in [1.54, 1.807) is 0 Å². The van der Waals surface area contributed by atoms with Crippen molar-refractivity contribution in [3.05, 3.63) is 48.2 Å². The summed E-state index contributed by atoms with van der Waals surface area (Å²) < 4.78 is 5.12. The molecule has 0 bridgehead atoms. The number of H-pyrrole nitrogens is 1. The Morgan fingerprint density at radius 3 is 2.47 bits per heavy atom. The first kappa shape index (κ1) is 13.4. The van der Waals surface area contributed by atoms with Crippen molar-refractivity contribution in [2.75, 3.05) is 6.61 Å². The number of carbonyl (C=O) groups excluding carboxylic acids is 1. The maximum atomic E-state index is 12.0. The molecule has 1 aromatic carbocycles. The lowest BCUT2D eigenvalue weighted by Crippen LogP contribution is -2.31. The summed E-state index contributed by atoms with van der Waals surface area (Å²) in [4.78, 5) is 15.3. The van der Waals surface area contributed by atoms with Crippen LogP contribution in [0.1, 0.15) is 26.5 Å². The second-order valence-electron chi connectivity index (χ2n) is 5.00. The summed E-state index contributed by atoms with van der Waals surface area (Å²) in [5.41, 5.74) is 2.31. The maximum absolute atomic E-state index is 12.0. The summed E-state index contributed by atoms with van der Waals surface area (Å²) in [7, 11) is 0. The highest BCUT2D eigenvalue weighted by Crippen LogP contribution is 2.27. The Kier molecular flexibility index (Phi) is 3.74. The number of carbonyl (C=O) groups is 1. The van der Waals surface area contributed by atoms with Gasteiger partial charge in [0.15, 0.2) is 0 Å². The van der Waals surface area contributed by atoms with Crippen molar-refractivity contribution < 1.29 is 9.53 Å². The highest BCUT2D eigenvalue weighted by Gasteiger charge is 2.32. The van der Waals surface area contributed by atoms with Gasteiger partial charge in [0.1, 0.15) is 5.41 Å². The minimum Gasteiger partial charge on any atom is -0.465 e. The second kappa shape index (κ2) is 5.31. The Morgan fingerprint density at radius 2 is 1.84 bits per heavy atom. The molecule has 0 atom stereocenters. The van der Waals surface area contributed by atoms with E-state index in [1.807, 2.05) is 63.2 Å². The molecule has 3 nitrogen and oxygen atoms in total. The summed E-state index contributed by atoms with van der Waals surface area (Å²) in [5.74, 6) is -0.212. The zero-order valence-corrected chi connectivity index (χ0v) is 11.6. The molecule has 0 aliphatic carbocycles. The normalized spacial score (nSPS) is 11.3. The molecule has 0 amide bonds. The number of hydrogen-bond acceptors (Lipinski definition) is 2. The van der Waals surface area contributed by atoms with Crippen LogP contribution in [0.3, 0.4) is 0 Å². The third kappa shape index (κ3) is 2.70. The number of ether oxygens (including phenoxy) is 1. The topological polar surface area (TPSA) is 42.1 Å². The summed E-state index contributed by atoms with van der Waals surface area (Å²) in [6.07, 6.45) is 0. The van der Waals surface area contributed by atoms with Crippen LogP contribution < -0.4 is 0 Å². The van der Waals surface area contributed by atoms with Gasteiger partial charge in [-0.1, -0.05) is 30.3 Å². The van der Waals surface area contributed by atoms with Gasteiger partial charge in [-0.3, -0.25) is 4.79 Å². The van der Waals surface area contributed by atoms with Crippen LogP contribution in [0, 0.1) is 0 Å². The van der Waals surface area contributed by atoms with Crippen molar-refractivity contribution in [3.8, 4) is 11.3 Å². The molecule has 0 saturated carbocycles. The van der Waals surface area contributed by atoms with Gasteiger partial charge in [0.2, 0.25) is 0 Å². The average Bonchev–Trinajstić information content (AvgIpc) is 2.90. The van der Waals surface area contributed by atoms with Gasteiger partial charge >= 0.3 is 5.97 Å². The highest BCUT2D eigenvalue weighted by atomic mass is 16.5. The van der Waals surface area contributed by atoms with E-state index in [0.29, 0.717) is 6.61 Å². The van der Waals surface area contributed by atoms with Crippen LogP contribution in [0.5, 0.6) is 0 Å². The van der Waals surface area contributed by atoms with E-state index in [9.17, 15) is 4.79 Å². The van der Waals surface area contributed by atoms with Crippen molar-refractivity contribution in [2.24, 2.45) is 0 Å². The molecule has 1 aromatic heterocycles. The van der Waals surface area contributed by atoms with E-state index in [0.717, 1.165) is 17.0 Å². The summed E-state index contributed by atoms with van der Waals surface area (Å²) in [5, 5.41) is 0. The molecule has 19 heavy (non-hydrogen) atoms. The van der Waals surface area contributed by atoms with E-state index in [4.69, 9.17) is 4.74 Å². The molecule has 1 N–H and O–H groups in total. The fraction of sp³-hybridized carbons (Fsp3) is 0.312. The lowest BCUT2D eigenvalue weighted by molar-refractivity contribution is -0.148. The molecule has 3 heteroatoms. The van der Waals surface area contributed by atoms with E-state index < -0.39 is 5.41 Å². The van der Waals surface area contributed by atoms with Gasteiger partial charge in [0.05, 0.1) is 6.61 Å². The fourth-order valence-corrected chi connectivity index (χ4v) is 1.97. The first-order valence-electron chi connectivity index (χ1n) is 6.48. The molecular formula is C16H19NO2. The van der Waals surface area contributed by atoms with E-state index in [-0.39, 0.29) is 5.97 Å². The molecule has 0 fully saturated rings. The molecule has 0 spiro atoms. The number of esters is 1. The first-order valence-corrected chi connectivity index (χ1v) is 6.48. The molecule has 1 heterocycles. The van der Waals surface area contributed by atoms with Gasteiger partial charge in [0.25, 0.3) is 0 Å². The van der Waals surface area contributed by atoms with Crippen molar-refractivity contribution in [3.63, 3.8) is 0 Å². The average molecular weight is 257 g/mol. The Hall–Kier alpha value is -2.03. The van der Waals surface area contributed by atoms with Crippen LogP contribution in [0.25, 0.3) is 11.3 Å². The Bertz CT molecular complexity index is 555. The maximum Gasteiger partial charge on any atom is 0.317 e. The van der Waals surface area contributed by atoms with Gasteiger partial charge in [-0.2, -0.15) is 0 Å². The zero-order valence-electron chi connectivity index (χ0n) is 11.6. The van der Waals surface area contributed by atoms with Crippen molar-refractivity contribution >= 4 is 5.97 Å². The Balaban J connectivity index is 2.28. The number of hydrogen-bond donors (Lipinski definition) is 1. The minimum atomic E-state index is -0.664. The SMILES string of the molecule is CCOC(=O)C(C)(C)c1ccc(-c2ccccc2)[nH]1. The molecule has 0 aliphatic rings. The number of benzene rings is 1. The molecule has 0 aliphatic heterocycles. The smallest absolute Gasteiger partial charge is 0.317 e. The number of rotatable bonds is 4. The lowest BCUT2D eigenvalue weighted by Gasteiger charge is -2.21. The summed E-state index contributed by atoms with van der Waals surface area (Å²) in [6, 6.07) is 14.0. The molecule has 2 rings (SSSR count). The van der Waals surface area contributed by atoms with E-state index >= 15 is 0 Å². The third-order valence-electron chi connectivity index (χ3n) is 3.23. The van der Waals surface area contributed by atoms with E-state index in [2.05, 4.69) is 4.98 Å². The Morgan fingerprint density at radius 1 is 1.16 bits per heavy atom. The van der Waals surface area contributed by atoms with Gasteiger partial charge in [-0.05, 0) is 38.5 Å². The third-order valence-corrected chi connectivity index (χ3v) is 3.23. The van der Waals surface area contributed by atoms with Gasteiger partial charge in [-0.15, -0.1) is 0 Å². The molecule has 0 radical (unpaired) electrons. The highest BCUT2D eigenvalue weighted by molar-refractivity contribution is 5.82. The predicted molar refractivity (Wildman–Crippen MR) is 75.9 cm³/mol. The first-order chi connectivity index (χ1) is 9.05. The van der Waals surface area contributed by atoms with Crippen LogP contribution in [-0.2, 0) is 14.9 Å². The van der Waals surface area contributed by atoms with Crippen molar-refractivity contribution in [2.45, 2.75) is 26.2 Å². The monoisotopic (exact) mass is 257 g/mol. The minimum absolute atomic E-state index is 0.212. The second-order valence-corrected chi connectivity index (χ2v) is 5.00. The van der Waals surface area contributed by atoms with Crippen LogP contribution in [-0.4, -0.2) is 17.6 Å². The number of nitrogens with one attached hydrogen (secondary N) is 1. The molecular weight excluding hydrogens is 238 g/mol. The van der Waals surface area contributed by atoms with Gasteiger partial charge in [-0.25, -0.2) is 0 Å². The van der Waals surface area contributed by atoms with Gasteiger partial charge < -0.3 is 9.72 Å². The predicted octanol–water partition coefficient (Wildman–Crippen LogP) is 3.52. The Labute approximate surface area is 113 Å². The van der Waals surface area contributed by atoms with E-state index in [1.165, 1.54) is 0 Å². The number of aromatic amines is 1. The lowest BCUT2D eigenvalue weighted by atomic mass is 9.90. The number of aromatic nitrogens is 1.